The molecule has 0 aliphatic carbocycles. The number of rotatable bonds is 2. The molecule has 0 aliphatic rings. The molecule has 0 radical (unpaired) electrons. The van der Waals surface area contributed by atoms with Crippen LogP contribution in [0.3, 0.4) is 0 Å². The van der Waals surface area contributed by atoms with Crippen molar-refractivity contribution in [3.05, 3.63) is 60.5 Å². The number of hydrogen-bond acceptors (Lipinski definition) is 3. The van der Waals surface area contributed by atoms with Crippen LogP contribution in [0.25, 0.3) is 10.8 Å². The standard InChI is InChI=1S/C15H12FN3/c16-11-1-4-13(5-2-11)19-15-14-6-3-12(17)9-10(14)7-8-18-15/h1-9H,17H2,(H,18,19). The molecule has 0 aliphatic heterocycles. The number of nitrogen functional groups attached to an aromatic ring is 1. The number of aromatic nitrogens is 1. The SMILES string of the molecule is Nc1ccc2c(Nc3ccc(F)cc3)nccc2c1. The van der Waals surface area contributed by atoms with Crippen LogP contribution in [0.2, 0.25) is 0 Å². The summed E-state index contributed by atoms with van der Waals surface area (Å²) < 4.78 is 12.9. The van der Waals surface area contributed by atoms with E-state index in [2.05, 4.69) is 10.3 Å². The molecule has 1 aromatic heterocycles. The Morgan fingerprint density at radius 2 is 1.79 bits per heavy atom. The molecule has 3 nitrogen and oxygen atoms in total. The average Bonchev–Trinajstić information content (AvgIpc) is 2.41. The van der Waals surface area contributed by atoms with Gasteiger partial charge in [0.2, 0.25) is 0 Å². The summed E-state index contributed by atoms with van der Waals surface area (Å²) in [7, 11) is 0. The van der Waals surface area contributed by atoms with Crippen molar-refractivity contribution >= 4 is 28.0 Å². The van der Waals surface area contributed by atoms with Gasteiger partial charge in [-0.25, -0.2) is 9.37 Å². The molecule has 19 heavy (non-hydrogen) atoms. The Bertz CT molecular complexity index is 723. The van der Waals surface area contributed by atoms with E-state index in [1.807, 2.05) is 24.3 Å². The highest BCUT2D eigenvalue weighted by atomic mass is 19.1. The van der Waals surface area contributed by atoms with Gasteiger partial charge in [-0.15, -0.1) is 0 Å². The maximum Gasteiger partial charge on any atom is 0.138 e. The van der Waals surface area contributed by atoms with Crippen LogP contribution in [-0.2, 0) is 0 Å². The minimum atomic E-state index is -0.260. The average molecular weight is 253 g/mol. The van der Waals surface area contributed by atoms with Crippen LogP contribution < -0.4 is 11.1 Å². The summed E-state index contributed by atoms with van der Waals surface area (Å²) >= 11 is 0. The van der Waals surface area contributed by atoms with Crippen LogP contribution >= 0.6 is 0 Å². The molecular weight excluding hydrogens is 241 g/mol. The molecule has 2 aromatic carbocycles. The molecule has 0 saturated carbocycles. The predicted molar refractivity (Wildman–Crippen MR) is 75.8 cm³/mol. The fourth-order valence-corrected chi connectivity index (χ4v) is 1.97. The monoisotopic (exact) mass is 253 g/mol. The van der Waals surface area contributed by atoms with Gasteiger partial charge in [0.15, 0.2) is 0 Å². The summed E-state index contributed by atoms with van der Waals surface area (Å²) in [4.78, 5) is 4.31. The van der Waals surface area contributed by atoms with Gasteiger partial charge in [0.25, 0.3) is 0 Å². The lowest BCUT2D eigenvalue weighted by Gasteiger charge is -2.09. The van der Waals surface area contributed by atoms with Crippen LogP contribution in [0.1, 0.15) is 0 Å². The third-order valence-corrected chi connectivity index (χ3v) is 2.90. The van der Waals surface area contributed by atoms with Gasteiger partial charge in [0, 0.05) is 23.0 Å². The first kappa shape index (κ1) is 11.5. The van der Waals surface area contributed by atoms with E-state index in [9.17, 15) is 4.39 Å². The maximum atomic E-state index is 12.9. The van der Waals surface area contributed by atoms with Gasteiger partial charge in [-0.05, 0) is 53.9 Å². The van der Waals surface area contributed by atoms with Crippen molar-refractivity contribution in [1.29, 1.82) is 0 Å². The van der Waals surface area contributed by atoms with E-state index in [0.717, 1.165) is 22.3 Å². The molecule has 4 heteroatoms. The van der Waals surface area contributed by atoms with E-state index in [-0.39, 0.29) is 5.82 Å². The van der Waals surface area contributed by atoms with E-state index in [0.29, 0.717) is 5.69 Å². The van der Waals surface area contributed by atoms with Crippen LogP contribution in [0.15, 0.2) is 54.7 Å². The first-order chi connectivity index (χ1) is 9.22. The Hall–Kier alpha value is -2.62. The second-order valence-electron chi connectivity index (χ2n) is 4.27. The molecule has 3 aromatic rings. The van der Waals surface area contributed by atoms with Gasteiger partial charge in [0.1, 0.15) is 11.6 Å². The molecule has 0 saturated heterocycles. The lowest BCUT2D eigenvalue weighted by Crippen LogP contribution is -1.95. The van der Waals surface area contributed by atoms with Crippen molar-refractivity contribution in [2.24, 2.45) is 0 Å². The Morgan fingerprint density at radius 3 is 2.58 bits per heavy atom. The van der Waals surface area contributed by atoms with Crippen molar-refractivity contribution in [3.63, 3.8) is 0 Å². The minimum Gasteiger partial charge on any atom is -0.399 e. The summed E-state index contributed by atoms with van der Waals surface area (Å²) in [6.07, 6.45) is 1.72. The largest absolute Gasteiger partial charge is 0.399 e. The maximum absolute atomic E-state index is 12.9. The van der Waals surface area contributed by atoms with Gasteiger partial charge in [-0.1, -0.05) is 0 Å². The van der Waals surface area contributed by atoms with E-state index >= 15 is 0 Å². The van der Waals surface area contributed by atoms with E-state index in [1.54, 1.807) is 18.3 Å². The normalized spacial score (nSPS) is 10.6. The third kappa shape index (κ3) is 2.33. The molecule has 0 fully saturated rings. The summed E-state index contributed by atoms with van der Waals surface area (Å²) in [5.41, 5.74) is 7.26. The van der Waals surface area contributed by atoms with Crippen molar-refractivity contribution in [2.45, 2.75) is 0 Å². The summed E-state index contributed by atoms with van der Waals surface area (Å²) in [5, 5.41) is 5.16. The summed E-state index contributed by atoms with van der Waals surface area (Å²) in [6.45, 7) is 0. The zero-order valence-corrected chi connectivity index (χ0v) is 10.1. The zero-order valence-electron chi connectivity index (χ0n) is 10.1. The first-order valence-corrected chi connectivity index (χ1v) is 5.89. The minimum absolute atomic E-state index is 0.260. The lowest BCUT2D eigenvalue weighted by atomic mass is 10.1. The van der Waals surface area contributed by atoms with Crippen molar-refractivity contribution in [3.8, 4) is 0 Å². The predicted octanol–water partition coefficient (Wildman–Crippen LogP) is 3.70. The number of pyridine rings is 1. The Labute approximate surface area is 109 Å². The Balaban J connectivity index is 2.03. The van der Waals surface area contributed by atoms with E-state index in [4.69, 9.17) is 5.73 Å². The number of nitrogens with two attached hydrogens (primary N) is 1. The third-order valence-electron chi connectivity index (χ3n) is 2.90. The van der Waals surface area contributed by atoms with Crippen molar-refractivity contribution < 1.29 is 4.39 Å². The topological polar surface area (TPSA) is 50.9 Å². The lowest BCUT2D eigenvalue weighted by molar-refractivity contribution is 0.628. The Kier molecular flexibility index (Phi) is 2.76. The summed E-state index contributed by atoms with van der Waals surface area (Å²) in [6, 6.07) is 13.7. The van der Waals surface area contributed by atoms with Crippen LogP contribution in [-0.4, -0.2) is 4.98 Å². The summed E-state index contributed by atoms with van der Waals surface area (Å²) in [5.74, 6) is 0.466. The molecule has 0 spiro atoms. The van der Waals surface area contributed by atoms with Gasteiger partial charge in [-0.2, -0.15) is 0 Å². The van der Waals surface area contributed by atoms with Crippen LogP contribution in [0.5, 0.6) is 0 Å². The number of benzene rings is 2. The smallest absolute Gasteiger partial charge is 0.138 e. The van der Waals surface area contributed by atoms with Gasteiger partial charge >= 0.3 is 0 Å². The number of hydrogen-bond donors (Lipinski definition) is 2. The van der Waals surface area contributed by atoms with Gasteiger partial charge in [0.05, 0.1) is 0 Å². The fourth-order valence-electron chi connectivity index (χ4n) is 1.97. The number of anilines is 3. The highest BCUT2D eigenvalue weighted by Crippen LogP contribution is 2.25. The van der Waals surface area contributed by atoms with Crippen LogP contribution in [0, 0.1) is 5.82 Å². The second-order valence-corrected chi connectivity index (χ2v) is 4.27. The van der Waals surface area contributed by atoms with Crippen molar-refractivity contribution in [1.82, 2.24) is 4.98 Å². The van der Waals surface area contributed by atoms with E-state index < -0.39 is 0 Å². The quantitative estimate of drug-likeness (QED) is 0.685. The molecule has 94 valence electrons. The second kappa shape index (κ2) is 4.57. The molecule has 1 heterocycles. The fraction of sp³-hybridized carbons (Fsp3) is 0. The first-order valence-electron chi connectivity index (χ1n) is 5.89. The van der Waals surface area contributed by atoms with Crippen LogP contribution in [0.4, 0.5) is 21.6 Å². The Morgan fingerprint density at radius 1 is 1.00 bits per heavy atom. The molecule has 0 bridgehead atoms. The number of nitrogens with one attached hydrogen (secondary N) is 1. The highest BCUT2D eigenvalue weighted by molar-refractivity contribution is 5.94. The number of halogens is 1. The van der Waals surface area contributed by atoms with Gasteiger partial charge in [-0.3, -0.25) is 0 Å². The molecule has 0 amide bonds. The highest BCUT2D eigenvalue weighted by Gasteiger charge is 2.03. The number of nitrogens with zero attached hydrogens (tertiary/aromatic N) is 1. The van der Waals surface area contributed by atoms with Crippen molar-refractivity contribution in [2.75, 3.05) is 11.1 Å². The molecular formula is C15H12FN3. The number of fused-ring (bicyclic) bond motifs is 1. The molecule has 3 N–H and O–H groups in total. The van der Waals surface area contributed by atoms with Gasteiger partial charge < -0.3 is 11.1 Å². The zero-order chi connectivity index (χ0) is 13.2. The molecule has 0 unspecified atom stereocenters. The molecule has 0 atom stereocenters. The molecule has 3 rings (SSSR count). The van der Waals surface area contributed by atoms with E-state index in [1.165, 1.54) is 12.1 Å².